The van der Waals surface area contributed by atoms with Crippen molar-refractivity contribution in [2.75, 3.05) is 13.6 Å². The first kappa shape index (κ1) is 12.6. The van der Waals surface area contributed by atoms with Gasteiger partial charge >= 0.3 is 0 Å². The number of carbonyl (C=O) groups is 1. The van der Waals surface area contributed by atoms with E-state index in [0.29, 0.717) is 6.54 Å². The van der Waals surface area contributed by atoms with Crippen LogP contribution >= 0.6 is 0 Å². The molecule has 0 saturated carbocycles. The van der Waals surface area contributed by atoms with Gasteiger partial charge in [0, 0.05) is 26.0 Å². The molecule has 0 aliphatic heterocycles. The molecule has 0 atom stereocenters. The van der Waals surface area contributed by atoms with Gasteiger partial charge in [-0.2, -0.15) is 0 Å². The summed E-state index contributed by atoms with van der Waals surface area (Å²) in [5.41, 5.74) is -0.221. The number of pyridine rings is 1. The Morgan fingerprint density at radius 1 is 1.56 bits per heavy atom. The SMILES string of the molecule is CN(CCc1cccnc1)C(=O)C(C)(C)O. The van der Waals surface area contributed by atoms with Gasteiger partial charge in [-0.3, -0.25) is 9.78 Å². The van der Waals surface area contributed by atoms with Crippen LogP contribution in [0.2, 0.25) is 0 Å². The van der Waals surface area contributed by atoms with Crippen LogP contribution in [0, 0.1) is 0 Å². The molecule has 88 valence electrons. The van der Waals surface area contributed by atoms with Crippen LogP contribution in [0.1, 0.15) is 19.4 Å². The molecule has 1 amide bonds. The van der Waals surface area contributed by atoms with Crippen molar-refractivity contribution in [3.8, 4) is 0 Å². The minimum Gasteiger partial charge on any atom is -0.381 e. The van der Waals surface area contributed by atoms with E-state index in [1.54, 1.807) is 19.4 Å². The summed E-state index contributed by atoms with van der Waals surface area (Å²) < 4.78 is 0. The van der Waals surface area contributed by atoms with Crippen molar-refractivity contribution in [2.24, 2.45) is 0 Å². The number of nitrogens with zero attached hydrogens (tertiary/aromatic N) is 2. The fourth-order valence-corrected chi connectivity index (χ4v) is 1.41. The molecule has 1 N–H and O–H groups in total. The van der Waals surface area contributed by atoms with Crippen LogP contribution in [0.5, 0.6) is 0 Å². The Bertz CT molecular complexity index is 344. The van der Waals surface area contributed by atoms with Crippen LogP contribution < -0.4 is 0 Å². The lowest BCUT2D eigenvalue weighted by atomic mass is 10.1. The number of aliphatic hydroxyl groups is 1. The molecule has 1 heterocycles. The molecule has 0 spiro atoms. The zero-order chi connectivity index (χ0) is 12.2. The molecular weight excluding hydrogens is 204 g/mol. The van der Waals surface area contributed by atoms with Gasteiger partial charge in [0.1, 0.15) is 5.60 Å². The molecule has 0 bridgehead atoms. The molecule has 1 aromatic rings. The van der Waals surface area contributed by atoms with Crippen LogP contribution in [-0.2, 0) is 11.2 Å². The van der Waals surface area contributed by atoms with Gasteiger partial charge in [-0.25, -0.2) is 0 Å². The molecule has 0 aliphatic carbocycles. The maximum Gasteiger partial charge on any atom is 0.253 e. The molecule has 0 aliphatic rings. The molecule has 4 nitrogen and oxygen atoms in total. The smallest absolute Gasteiger partial charge is 0.253 e. The van der Waals surface area contributed by atoms with Crippen molar-refractivity contribution in [3.05, 3.63) is 30.1 Å². The van der Waals surface area contributed by atoms with Gasteiger partial charge in [-0.1, -0.05) is 6.07 Å². The average Bonchev–Trinajstić information content (AvgIpc) is 2.25. The molecular formula is C12H18N2O2. The van der Waals surface area contributed by atoms with Gasteiger partial charge < -0.3 is 10.0 Å². The number of hydrogen-bond donors (Lipinski definition) is 1. The lowest BCUT2D eigenvalue weighted by Crippen LogP contribution is -2.43. The number of hydrogen-bond acceptors (Lipinski definition) is 3. The standard InChI is InChI=1S/C12H18N2O2/c1-12(2,16)11(15)14(3)8-6-10-5-4-7-13-9-10/h4-5,7,9,16H,6,8H2,1-3H3. The van der Waals surface area contributed by atoms with E-state index < -0.39 is 5.60 Å². The summed E-state index contributed by atoms with van der Waals surface area (Å²) in [6, 6.07) is 3.84. The highest BCUT2D eigenvalue weighted by atomic mass is 16.3. The molecule has 0 radical (unpaired) electrons. The Kier molecular flexibility index (Phi) is 4.01. The zero-order valence-electron chi connectivity index (χ0n) is 9.97. The highest BCUT2D eigenvalue weighted by Crippen LogP contribution is 2.07. The van der Waals surface area contributed by atoms with E-state index in [4.69, 9.17) is 0 Å². The van der Waals surface area contributed by atoms with E-state index in [-0.39, 0.29) is 5.91 Å². The Balaban J connectivity index is 2.48. The van der Waals surface area contributed by atoms with Crippen molar-refractivity contribution < 1.29 is 9.90 Å². The van der Waals surface area contributed by atoms with Crippen molar-refractivity contribution in [3.63, 3.8) is 0 Å². The number of likely N-dealkylation sites (N-methyl/N-ethyl adjacent to an activating group) is 1. The maximum absolute atomic E-state index is 11.6. The monoisotopic (exact) mass is 222 g/mol. The maximum atomic E-state index is 11.6. The summed E-state index contributed by atoms with van der Waals surface area (Å²) >= 11 is 0. The van der Waals surface area contributed by atoms with Gasteiger partial charge in [0.05, 0.1) is 0 Å². The quantitative estimate of drug-likeness (QED) is 0.821. The third-order valence-electron chi connectivity index (χ3n) is 2.33. The largest absolute Gasteiger partial charge is 0.381 e. The number of aromatic nitrogens is 1. The first-order valence-corrected chi connectivity index (χ1v) is 5.28. The van der Waals surface area contributed by atoms with Gasteiger partial charge in [-0.15, -0.1) is 0 Å². The molecule has 16 heavy (non-hydrogen) atoms. The number of amides is 1. The van der Waals surface area contributed by atoms with Crippen LogP contribution in [0.15, 0.2) is 24.5 Å². The molecule has 0 fully saturated rings. The normalized spacial score (nSPS) is 11.2. The molecule has 4 heteroatoms. The van der Waals surface area contributed by atoms with E-state index in [1.807, 2.05) is 12.1 Å². The second kappa shape index (κ2) is 5.07. The summed E-state index contributed by atoms with van der Waals surface area (Å²) in [6.07, 6.45) is 4.24. The Hall–Kier alpha value is -1.42. The van der Waals surface area contributed by atoms with Gasteiger partial charge in [0.25, 0.3) is 5.91 Å². The molecule has 0 saturated heterocycles. The lowest BCUT2D eigenvalue weighted by Gasteiger charge is -2.24. The van der Waals surface area contributed by atoms with Gasteiger partial charge in [0.15, 0.2) is 0 Å². The van der Waals surface area contributed by atoms with Crippen molar-refractivity contribution in [1.82, 2.24) is 9.88 Å². The molecule has 0 unspecified atom stereocenters. The van der Waals surface area contributed by atoms with E-state index in [2.05, 4.69) is 4.98 Å². The first-order valence-electron chi connectivity index (χ1n) is 5.28. The zero-order valence-corrected chi connectivity index (χ0v) is 9.97. The van der Waals surface area contributed by atoms with Crippen molar-refractivity contribution >= 4 is 5.91 Å². The Morgan fingerprint density at radius 3 is 2.75 bits per heavy atom. The second-order valence-electron chi connectivity index (χ2n) is 4.40. The minimum atomic E-state index is -1.30. The highest BCUT2D eigenvalue weighted by Gasteiger charge is 2.26. The Labute approximate surface area is 95.9 Å². The minimum absolute atomic E-state index is 0.267. The summed E-state index contributed by atoms with van der Waals surface area (Å²) in [7, 11) is 1.69. The van der Waals surface area contributed by atoms with E-state index in [0.717, 1.165) is 12.0 Å². The van der Waals surface area contributed by atoms with E-state index in [9.17, 15) is 9.90 Å². The molecule has 0 aromatic carbocycles. The van der Waals surface area contributed by atoms with Crippen LogP contribution in [0.4, 0.5) is 0 Å². The second-order valence-corrected chi connectivity index (χ2v) is 4.40. The lowest BCUT2D eigenvalue weighted by molar-refractivity contribution is -0.146. The first-order chi connectivity index (χ1) is 7.41. The highest BCUT2D eigenvalue weighted by molar-refractivity contribution is 5.83. The third-order valence-corrected chi connectivity index (χ3v) is 2.33. The summed E-state index contributed by atoms with van der Waals surface area (Å²) in [5.74, 6) is -0.267. The number of carbonyl (C=O) groups excluding carboxylic acids is 1. The van der Waals surface area contributed by atoms with E-state index in [1.165, 1.54) is 18.7 Å². The summed E-state index contributed by atoms with van der Waals surface area (Å²) in [6.45, 7) is 3.57. The number of rotatable bonds is 4. The summed E-state index contributed by atoms with van der Waals surface area (Å²) in [5, 5.41) is 9.55. The third kappa shape index (κ3) is 3.62. The van der Waals surface area contributed by atoms with Gasteiger partial charge in [0.2, 0.25) is 0 Å². The van der Waals surface area contributed by atoms with Gasteiger partial charge in [-0.05, 0) is 31.9 Å². The topological polar surface area (TPSA) is 53.4 Å². The fourth-order valence-electron chi connectivity index (χ4n) is 1.41. The molecule has 1 rings (SSSR count). The fraction of sp³-hybridized carbons (Fsp3) is 0.500. The average molecular weight is 222 g/mol. The van der Waals surface area contributed by atoms with Crippen LogP contribution in [0.25, 0.3) is 0 Å². The van der Waals surface area contributed by atoms with E-state index >= 15 is 0 Å². The van der Waals surface area contributed by atoms with Crippen molar-refractivity contribution in [1.29, 1.82) is 0 Å². The summed E-state index contributed by atoms with van der Waals surface area (Å²) in [4.78, 5) is 17.2. The van der Waals surface area contributed by atoms with Crippen LogP contribution in [0.3, 0.4) is 0 Å². The Morgan fingerprint density at radius 2 is 2.25 bits per heavy atom. The van der Waals surface area contributed by atoms with Crippen LogP contribution in [-0.4, -0.2) is 40.1 Å². The predicted octanol–water partition coefficient (Wildman–Crippen LogP) is 0.853. The predicted molar refractivity (Wildman–Crippen MR) is 61.9 cm³/mol. The van der Waals surface area contributed by atoms with Crippen molar-refractivity contribution in [2.45, 2.75) is 25.9 Å². The molecule has 1 aromatic heterocycles.